The van der Waals surface area contributed by atoms with Crippen LogP contribution in [-0.2, 0) is 6.54 Å². The molecule has 0 unspecified atom stereocenters. The summed E-state index contributed by atoms with van der Waals surface area (Å²) in [5.41, 5.74) is 1.55. The Balaban J connectivity index is 1.67. The lowest BCUT2D eigenvalue weighted by atomic mass is 10.2. The fourth-order valence-corrected chi connectivity index (χ4v) is 3.96. The Morgan fingerprint density at radius 2 is 1.93 bits per heavy atom. The SMILES string of the molecule is CCCn1c(S[C@H](C)c2nc3ccccc3c(=O)[nH]2)nnc1-c1ccncc1. The first-order valence-corrected chi connectivity index (χ1v) is 10.0. The van der Waals surface area contributed by atoms with Gasteiger partial charge in [0.15, 0.2) is 11.0 Å². The molecule has 0 spiro atoms. The zero-order valence-electron chi connectivity index (χ0n) is 15.7. The summed E-state index contributed by atoms with van der Waals surface area (Å²) in [6.07, 6.45) is 4.46. The summed E-state index contributed by atoms with van der Waals surface area (Å²) < 4.78 is 2.11. The monoisotopic (exact) mass is 392 g/mol. The molecule has 4 aromatic rings. The molecule has 1 N–H and O–H groups in total. The van der Waals surface area contributed by atoms with E-state index in [2.05, 4.69) is 36.6 Å². The minimum atomic E-state index is -0.124. The molecule has 3 heterocycles. The van der Waals surface area contributed by atoms with Gasteiger partial charge in [-0.1, -0.05) is 30.8 Å². The third-order valence-electron chi connectivity index (χ3n) is 4.40. The van der Waals surface area contributed by atoms with Crippen molar-refractivity contribution in [3.63, 3.8) is 0 Å². The number of pyridine rings is 1. The van der Waals surface area contributed by atoms with Crippen molar-refractivity contribution >= 4 is 22.7 Å². The first-order chi connectivity index (χ1) is 13.7. The molecule has 0 saturated heterocycles. The highest BCUT2D eigenvalue weighted by Gasteiger charge is 2.19. The van der Waals surface area contributed by atoms with Gasteiger partial charge < -0.3 is 9.55 Å². The highest BCUT2D eigenvalue weighted by molar-refractivity contribution is 7.99. The van der Waals surface area contributed by atoms with E-state index in [9.17, 15) is 4.79 Å². The van der Waals surface area contributed by atoms with Crippen LogP contribution in [0.1, 0.15) is 31.3 Å². The number of hydrogen-bond donors (Lipinski definition) is 1. The minimum absolute atomic E-state index is 0.0811. The highest BCUT2D eigenvalue weighted by Crippen LogP contribution is 2.34. The summed E-state index contributed by atoms with van der Waals surface area (Å²) in [7, 11) is 0. The Hall–Kier alpha value is -3.00. The van der Waals surface area contributed by atoms with Crippen molar-refractivity contribution in [1.82, 2.24) is 29.7 Å². The van der Waals surface area contributed by atoms with Crippen molar-refractivity contribution in [2.75, 3.05) is 0 Å². The summed E-state index contributed by atoms with van der Waals surface area (Å²) in [4.78, 5) is 24.0. The number of benzene rings is 1. The predicted molar refractivity (Wildman–Crippen MR) is 110 cm³/mol. The molecule has 0 amide bonds. The minimum Gasteiger partial charge on any atom is -0.309 e. The van der Waals surface area contributed by atoms with Crippen LogP contribution in [0.25, 0.3) is 22.3 Å². The van der Waals surface area contributed by atoms with Gasteiger partial charge in [0.05, 0.1) is 16.2 Å². The van der Waals surface area contributed by atoms with Crippen LogP contribution in [0.4, 0.5) is 0 Å². The van der Waals surface area contributed by atoms with Crippen LogP contribution in [0, 0.1) is 0 Å². The molecule has 142 valence electrons. The van der Waals surface area contributed by atoms with Gasteiger partial charge in [0.25, 0.3) is 5.56 Å². The molecule has 4 rings (SSSR count). The Bertz CT molecular complexity index is 1150. The van der Waals surface area contributed by atoms with E-state index in [0.29, 0.717) is 16.7 Å². The number of aromatic amines is 1. The van der Waals surface area contributed by atoms with E-state index in [1.165, 1.54) is 11.8 Å². The topological polar surface area (TPSA) is 89.4 Å². The van der Waals surface area contributed by atoms with Gasteiger partial charge in [-0.2, -0.15) is 0 Å². The molecule has 1 aromatic carbocycles. The van der Waals surface area contributed by atoms with E-state index >= 15 is 0 Å². The molecule has 0 fully saturated rings. The zero-order chi connectivity index (χ0) is 19.5. The van der Waals surface area contributed by atoms with Gasteiger partial charge >= 0.3 is 0 Å². The number of fused-ring (bicyclic) bond motifs is 1. The predicted octanol–water partition coefficient (Wildman–Crippen LogP) is 3.84. The van der Waals surface area contributed by atoms with Crippen LogP contribution in [0.3, 0.4) is 0 Å². The van der Waals surface area contributed by atoms with E-state index in [1.54, 1.807) is 18.5 Å². The van der Waals surface area contributed by atoms with Gasteiger partial charge in [-0.05, 0) is 37.6 Å². The summed E-state index contributed by atoms with van der Waals surface area (Å²) in [6.45, 7) is 4.94. The molecule has 1 atom stereocenters. The molecule has 0 saturated carbocycles. The van der Waals surface area contributed by atoms with Gasteiger partial charge in [0.1, 0.15) is 5.82 Å². The molecule has 0 radical (unpaired) electrons. The summed E-state index contributed by atoms with van der Waals surface area (Å²) in [6, 6.07) is 11.2. The van der Waals surface area contributed by atoms with E-state index in [-0.39, 0.29) is 10.8 Å². The molecule has 0 aliphatic rings. The average Bonchev–Trinajstić information content (AvgIpc) is 3.11. The number of rotatable bonds is 6. The van der Waals surface area contributed by atoms with Crippen LogP contribution in [-0.4, -0.2) is 29.7 Å². The molecule has 0 aliphatic heterocycles. The highest BCUT2D eigenvalue weighted by atomic mass is 32.2. The van der Waals surface area contributed by atoms with Crippen LogP contribution in [0.15, 0.2) is 58.7 Å². The molecule has 3 aromatic heterocycles. The second kappa shape index (κ2) is 7.93. The van der Waals surface area contributed by atoms with Crippen molar-refractivity contribution in [1.29, 1.82) is 0 Å². The maximum Gasteiger partial charge on any atom is 0.258 e. The molecular formula is C20H20N6OS. The zero-order valence-corrected chi connectivity index (χ0v) is 16.5. The molecule has 0 aliphatic carbocycles. The number of thioether (sulfide) groups is 1. The first kappa shape index (κ1) is 18.4. The number of nitrogens with zero attached hydrogens (tertiary/aromatic N) is 5. The summed E-state index contributed by atoms with van der Waals surface area (Å²) in [5.74, 6) is 1.45. The average molecular weight is 392 g/mol. The number of hydrogen-bond acceptors (Lipinski definition) is 6. The molecular weight excluding hydrogens is 372 g/mol. The standard InChI is InChI=1S/C20H20N6OS/c1-3-12-26-18(14-8-10-21-11-9-14)24-25-20(26)28-13(2)17-22-16-7-5-4-6-15(16)19(27)23-17/h4-11,13H,3,12H2,1-2H3,(H,22,23,27)/t13-/m1/s1. The van der Waals surface area contributed by atoms with Gasteiger partial charge in [-0.25, -0.2) is 4.98 Å². The van der Waals surface area contributed by atoms with Gasteiger partial charge in [-0.3, -0.25) is 9.78 Å². The number of para-hydroxylation sites is 1. The third-order valence-corrected chi connectivity index (χ3v) is 5.49. The fourth-order valence-electron chi connectivity index (χ4n) is 3.03. The second-order valence-electron chi connectivity index (χ2n) is 6.42. The van der Waals surface area contributed by atoms with Crippen LogP contribution in [0.5, 0.6) is 0 Å². The number of nitrogens with one attached hydrogen (secondary N) is 1. The summed E-state index contributed by atoms with van der Waals surface area (Å²) in [5, 5.41) is 10.1. The second-order valence-corrected chi connectivity index (χ2v) is 7.73. The lowest BCUT2D eigenvalue weighted by Crippen LogP contribution is -2.13. The Morgan fingerprint density at radius 1 is 1.14 bits per heavy atom. The quantitative estimate of drug-likeness (QED) is 0.502. The van der Waals surface area contributed by atoms with E-state index < -0.39 is 0 Å². The first-order valence-electron chi connectivity index (χ1n) is 9.16. The molecule has 0 bridgehead atoms. The van der Waals surface area contributed by atoms with Crippen LogP contribution < -0.4 is 5.56 Å². The number of H-pyrrole nitrogens is 1. The van der Waals surface area contributed by atoms with E-state index in [0.717, 1.165) is 29.5 Å². The van der Waals surface area contributed by atoms with Gasteiger partial charge in [-0.15, -0.1) is 10.2 Å². The van der Waals surface area contributed by atoms with Crippen molar-refractivity contribution in [2.24, 2.45) is 0 Å². The third kappa shape index (κ3) is 3.55. The van der Waals surface area contributed by atoms with Crippen molar-refractivity contribution in [3.8, 4) is 11.4 Å². The lowest BCUT2D eigenvalue weighted by molar-refractivity contribution is 0.625. The largest absolute Gasteiger partial charge is 0.309 e. The number of aromatic nitrogens is 6. The van der Waals surface area contributed by atoms with Crippen LogP contribution in [0.2, 0.25) is 0 Å². The van der Waals surface area contributed by atoms with Gasteiger partial charge in [0.2, 0.25) is 0 Å². The fraction of sp³-hybridized carbons (Fsp3) is 0.250. The van der Waals surface area contributed by atoms with Crippen molar-refractivity contribution in [2.45, 2.75) is 37.2 Å². The lowest BCUT2D eigenvalue weighted by Gasteiger charge is -2.13. The molecule has 8 heteroatoms. The smallest absolute Gasteiger partial charge is 0.258 e. The normalized spacial score (nSPS) is 12.4. The molecule has 28 heavy (non-hydrogen) atoms. The maximum absolute atomic E-state index is 12.4. The Kier molecular flexibility index (Phi) is 5.21. The Morgan fingerprint density at radius 3 is 2.71 bits per heavy atom. The summed E-state index contributed by atoms with van der Waals surface area (Å²) >= 11 is 1.54. The van der Waals surface area contributed by atoms with Crippen molar-refractivity contribution < 1.29 is 0 Å². The van der Waals surface area contributed by atoms with Crippen molar-refractivity contribution in [3.05, 3.63) is 65.0 Å². The van der Waals surface area contributed by atoms with E-state index in [4.69, 9.17) is 0 Å². The Labute approximate surface area is 166 Å². The maximum atomic E-state index is 12.4. The molecule has 7 nitrogen and oxygen atoms in total. The van der Waals surface area contributed by atoms with Gasteiger partial charge in [0, 0.05) is 24.5 Å². The van der Waals surface area contributed by atoms with E-state index in [1.807, 2.05) is 37.3 Å². The van der Waals surface area contributed by atoms with Crippen LogP contribution >= 0.6 is 11.8 Å².